The summed E-state index contributed by atoms with van der Waals surface area (Å²) in [6.07, 6.45) is 4.74. The summed E-state index contributed by atoms with van der Waals surface area (Å²) in [5, 5.41) is 20.2. The Hall–Kier alpha value is -2.28. The lowest BCUT2D eigenvalue weighted by Gasteiger charge is -2.35. The van der Waals surface area contributed by atoms with Crippen LogP contribution in [0.15, 0.2) is 24.4 Å². The van der Waals surface area contributed by atoms with Gasteiger partial charge in [0.1, 0.15) is 5.82 Å². The second-order valence-corrected chi connectivity index (χ2v) is 5.18. The number of benzene rings is 1. The molecule has 2 aromatic rings. The lowest BCUT2D eigenvalue weighted by atomic mass is 10.0. The van der Waals surface area contributed by atoms with Crippen LogP contribution in [-0.2, 0) is 0 Å². The zero-order valence-electron chi connectivity index (χ0n) is 11.5. The molecule has 1 atom stereocenters. The molecule has 1 aliphatic heterocycles. The fourth-order valence-electron chi connectivity index (χ4n) is 2.73. The number of anilines is 1. The zero-order valence-corrected chi connectivity index (χ0v) is 11.5. The molecule has 0 saturated carbocycles. The van der Waals surface area contributed by atoms with Crippen molar-refractivity contribution in [3.63, 3.8) is 0 Å². The van der Waals surface area contributed by atoms with E-state index in [4.69, 9.17) is 0 Å². The first kappa shape index (κ1) is 13.7. The topological polar surface area (TPSA) is 92.4 Å². The minimum absolute atomic E-state index is 0.00996. The number of piperidine rings is 1. The minimum Gasteiger partial charge on any atom is -0.394 e. The monoisotopic (exact) mass is 288 g/mol. The van der Waals surface area contributed by atoms with Gasteiger partial charge in [-0.3, -0.25) is 15.1 Å². The molecule has 1 fully saturated rings. The van der Waals surface area contributed by atoms with Crippen LogP contribution in [0.4, 0.5) is 11.5 Å². The summed E-state index contributed by atoms with van der Waals surface area (Å²) < 4.78 is 0. The molecule has 1 N–H and O–H groups in total. The van der Waals surface area contributed by atoms with Gasteiger partial charge in [0.15, 0.2) is 0 Å². The van der Waals surface area contributed by atoms with Gasteiger partial charge in [0, 0.05) is 18.7 Å². The van der Waals surface area contributed by atoms with Crippen molar-refractivity contribution in [1.29, 1.82) is 0 Å². The van der Waals surface area contributed by atoms with E-state index in [-0.39, 0.29) is 18.3 Å². The highest BCUT2D eigenvalue weighted by atomic mass is 16.6. The number of rotatable bonds is 3. The van der Waals surface area contributed by atoms with Crippen molar-refractivity contribution in [2.24, 2.45) is 0 Å². The normalized spacial score (nSPS) is 18.9. The molecule has 7 heteroatoms. The van der Waals surface area contributed by atoms with E-state index in [2.05, 4.69) is 14.9 Å². The van der Waals surface area contributed by atoms with Gasteiger partial charge in [0.05, 0.1) is 34.8 Å². The standard InChI is InChI=1S/C14H16N4O3/c19-9-11-3-1-2-6-17(11)14-8-15-13-7-10(18(20)21)4-5-12(13)16-14/h4-5,7-8,11,19H,1-3,6,9H2. The van der Waals surface area contributed by atoms with Gasteiger partial charge in [0.2, 0.25) is 0 Å². The third-order valence-electron chi connectivity index (χ3n) is 3.86. The van der Waals surface area contributed by atoms with E-state index in [1.165, 1.54) is 12.1 Å². The van der Waals surface area contributed by atoms with Gasteiger partial charge in [-0.15, -0.1) is 0 Å². The predicted molar refractivity (Wildman–Crippen MR) is 78.3 cm³/mol. The molecular weight excluding hydrogens is 272 g/mol. The van der Waals surface area contributed by atoms with Crippen molar-refractivity contribution in [3.8, 4) is 0 Å². The molecule has 2 heterocycles. The van der Waals surface area contributed by atoms with Crippen LogP contribution in [-0.4, -0.2) is 39.2 Å². The molecule has 0 aliphatic carbocycles. The molecule has 110 valence electrons. The molecule has 7 nitrogen and oxygen atoms in total. The van der Waals surface area contributed by atoms with Crippen LogP contribution in [0.5, 0.6) is 0 Å². The first-order valence-electron chi connectivity index (χ1n) is 6.98. The number of aromatic nitrogens is 2. The van der Waals surface area contributed by atoms with Gasteiger partial charge in [-0.05, 0) is 25.3 Å². The van der Waals surface area contributed by atoms with E-state index in [0.29, 0.717) is 11.0 Å². The van der Waals surface area contributed by atoms with Crippen molar-refractivity contribution in [3.05, 3.63) is 34.5 Å². The van der Waals surface area contributed by atoms with Gasteiger partial charge in [0.25, 0.3) is 5.69 Å². The first-order valence-corrected chi connectivity index (χ1v) is 6.98. The highest BCUT2D eigenvalue weighted by Crippen LogP contribution is 2.25. The third kappa shape index (κ3) is 2.64. The molecule has 1 aromatic heterocycles. The lowest BCUT2D eigenvalue weighted by molar-refractivity contribution is -0.384. The Morgan fingerprint density at radius 2 is 2.24 bits per heavy atom. The number of nitro groups is 1. The molecule has 0 bridgehead atoms. The number of aliphatic hydroxyl groups is 1. The fraction of sp³-hybridized carbons (Fsp3) is 0.429. The number of nitrogens with zero attached hydrogens (tertiary/aromatic N) is 4. The van der Waals surface area contributed by atoms with Crippen molar-refractivity contribution in [2.45, 2.75) is 25.3 Å². The van der Waals surface area contributed by atoms with Crippen molar-refractivity contribution in [2.75, 3.05) is 18.1 Å². The average molecular weight is 288 g/mol. The summed E-state index contributed by atoms with van der Waals surface area (Å²) in [5.74, 6) is 0.718. The highest BCUT2D eigenvalue weighted by molar-refractivity contribution is 5.78. The molecule has 21 heavy (non-hydrogen) atoms. The molecular formula is C14H16N4O3. The van der Waals surface area contributed by atoms with E-state index in [1.807, 2.05) is 0 Å². The number of nitro benzene ring substituents is 1. The fourth-order valence-corrected chi connectivity index (χ4v) is 2.73. The first-order chi connectivity index (χ1) is 10.2. The van der Waals surface area contributed by atoms with Crippen molar-refractivity contribution >= 4 is 22.5 Å². The largest absolute Gasteiger partial charge is 0.394 e. The summed E-state index contributed by atoms with van der Waals surface area (Å²) in [7, 11) is 0. The van der Waals surface area contributed by atoms with E-state index in [0.717, 1.165) is 31.6 Å². The maximum atomic E-state index is 10.8. The van der Waals surface area contributed by atoms with Crippen LogP contribution in [0.25, 0.3) is 11.0 Å². The zero-order chi connectivity index (χ0) is 14.8. The molecule has 3 rings (SSSR count). The van der Waals surface area contributed by atoms with Crippen LogP contribution < -0.4 is 4.90 Å². The molecule has 1 aliphatic rings. The Kier molecular flexibility index (Phi) is 3.66. The quantitative estimate of drug-likeness (QED) is 0.685. The molecule has 0 radical (unpaired) electrons. The number of hydrogen-bond donors (Lipinski definition) is 1. The van der Waals surface area contributed by atoms with Gasteiger partial charge >= 0.3 is 0 Å². The Labute approximate surface area is 121 Å². The Bertz CT molecular complexity index is 676. The number of non-ortho nitro benzene ring substituents is 1. The smallest absolute Gasteiger partial charge is 0.271 e. The van der Waals surface area contributed by atoms with Gasteiger partial charge in [-0.25, -0.2) is 4.98 Å². The van der Waals surface area contributed by atoms with E-state index < -0.39 is 4.92 Å². The highest BCUT2D eigenvalue weighted by Gasteiger charge is 2.23. The SMILES string of the molecule is O=[N+]([O-])c1ccc2nc(N3CCCCC3CO)cnc2c1. The lowest BCUT2D eigenvalue weighted by Crippen LogP contribution is -2.42. The number of hydrogen-bond acceptors (Lipinski definition) is 6. The molecule has 0 spiro atoms. The van der Waals surface area contributed by atoms with Crippen LogP contribution in [0.3, 0.4) is 0 Å². The van der Waals surface area contributed by atoms with E-state index in [9.17, 15) is 15.2 Å². The Morgan fingerprint density at radius 3 is 3.00 bits per heavy atom. The predicted octanol–water partition coefficient (Wildman–Crippen LogP) is 1.89. The summed E-state index contributed by atoms with van der Waals surface area (Å²) >= 11 is 0. The molecule has 1 unspecified atom stereocenters. The van der Waals surface area contributed by atoms with E-state index in [1.54, 1.807) is 12.3 Å². The van der Waals surface area contributed by atoms with Crippen molar-refractivity contribution in [1.82, 2.24) is 9.97 Å². The second-order valence-electron chi connectivity index (χ2n) is 5.18. The second kappa shape index (κ2) is 5.61. The Morgan fingerprint density at radius 1 is 1.38 bits per heavy atom. The van der Waals surface area contributed by atoms with Crippen LogP contribution in [0, 0.1) is 10.1 Å². The average Bonchev–Trinajstić information content (AvgIpc) is 2.53. The number of fused-ring (bicyclic) bond motifs is 1. The maximum absolute atomic E-state index is 10.8. The van der Waals surface area contributed by atoms with E-state index >= 15 is 0 Å². The summed E-state index contributed by atoms with van der Waals surface area (Å²) in [5.41, 5.74) is 1.14. The maximum Gasteiger partial charge on any atom is 0.271 e. The van der Waals surface area contributed by atoms with Gasteiger partial charge in [-0.2, -0.15) is 0 Å². The Balaban J connectivity index is 1.97. The summed E-state index contributed by atoms with van der Waals surface area (Å²) in [6, 6.07) is 4.54. The molecule has 1 saturated heterocycles. The van der Waals surface area contributed by atoms with Gasteiger partial charge in [-0.1, -0.05) is 0 Å². The van der Waals surface area contributed by atoms with Gasteiger partial charge < -0.3 is 10.0 Å². The molecule has 0 amide bonds. The minimum atomic E-state index is -0.443. The number of aliphatic hydroxyl groups excluding tert-OH is 1. The van der Waals surface area contributed by atoms with Crippen LogP contribution in [0.1, 0.15) is 19.3 Å². The van der Waals surface area contributed by atoms with Crippen LogP contribution in [0.2, 0.25) is 0 Å². The summed E-state index contributed by atoms with van der Waals surface area (Å²) in [4.78, 5) is 21.2. The third-order valence-corrected chi connectivity index (χ3v) is 3.86. The molecule has 1 aromatic carbocycles. The van der Waals surface area contributed by atoms with Crippen LogP contribution >= 0.6 is 0 Å². The summed E-state index contributed by atoms with van der Waals surface area (Å²) in [6.45, 7) is 0.943. The van der Waals surface area contributed by atoms with Crippen molar-refractivity contribution < 1.29 is 10.0 Å².